The van der Waals surface area contributed by atoms with Crippen molar-refractivity contribution in [2.24, 2.45) is 0 Å². The molecule has 0 aliphatic heterocycles. The highest BCUT2D eigenvalue weighted by atomic mass is 16.3. The second-order valence-electron chi connectivity index (χ2n) is 4.37. The third-order valence-corrected chi connectivity index (χ3v) is 3.04. The summed E-state index contributed by atoms with van der Waals surface area (Å²) in [5.41, 5.74) is 3.86. The Balaban J connectivity index is 2.15. The predicted octanol–water partition coefficient (Wildman–Crippen LogP) is 2.95. The molecule has 0 unspecified atom stereocenters. The fourth-order valence-corrected chi connectivity index (χ4v) is 2.11. The molecular formula is C15H13N3O. The number of aromatic nitrogens is 3. The lowest BCUT2D eigenvalue weighted by Crippen LogP contribution is -1.99. The summed E-state index contributed by atoms with van der Waals surface area (Å²) >= 11 is 0. The zero-order valence-corrected chi connectivity index (χ0v) is 10.5. The topological polar surface area (TPSA) is 50.9 Å². The summed E-state index contributed by atoms with van der Waals surface area (Å²) in [7, 11) is 0. The molecule has 0 saturated carbocycles. The Labute approximate surface area is 111 Å². The molecule has 0 amide bonds. The van der Waals surface area contributed by atoms with Crippen LogP contribution in [-0.4, -0.2) is 20.1 Å². The van der Waals surface area contributed by atoms with Crippen LogP contribution in [0.5, 0.6) is 5.75 Å². The molecule has 94 valence electrons. The van der Waals surface area contributed by atoms with E-state index in [2.05, 4.69) is 10.3 Å². The quantitative estimate of drug-likeness (QED) is 0.761. The first kappa shape index (κ1) is 11.5. The van der Waals surface area contributed by atoms with E-state index in [0.717, 1.165) is 22.5 Å². The molecular weight excluding hydrogens is 238 g/mol. The van der Waals surface area contributed by atoms with Crippen LogP contribution in [0.15, 0.2) is 54.7 Å². The van der Waals surface area contributed by atoms with Crippen LogP contribution in [0.25, 0.3) is 16.9 Å². The van der Waals surface area contributed by atoms with Gasteiger partial charge in [-0.05, 0) is 42.8 Å². The molecule has 1 heterocycles. The van der Waals surface area contributed by atoms with Gasteiger partial charge < -0.3 is 5.11 Å². The second kappa shape index (κ2) is 4.57. The molecule has 0 aliphatic rings. The molecule has 0 saturated heterocycles. The minimum absolute atomic E-state index is 0.264. The summed E-state index contributed by atoms with van der Waals surface area (Å²) in [4.78, 5) is 0. The zero-order chi connectivity index (χ0) is 13.2. The number of benzene rings is 2. The predicted molar refractivity (Wildman–Crippen MR) is 73.2 cm³/mol. The first-order chi connectivity index (χ1) is 9.25. The lowest BCUT2D eigenvalue weighted by Gasteiger charge is -2.08. The highest BCUT2D eigenvalue weighted by Crippen LogP contribution is 2.27. The van der Waals surface area contributed by atoms with Crippen molar-refractivity contribution in [3.8, 4) is 22.7 Å². The van der Waals surface area contributed by atoms with Crippen LogP contribution in [0.1, 0.15) is 5.56 Å². The van der Waals surface area contributed by atoms with Gasteiger partial charge in [0.05, 0.1) is 17.6 Å². The number of hydrogen-bond donors (Lipinski definition) is 1. The molecule has 0 radical (unpaired) electrons. The van der Waals surface area contributed by atoms with Gasteiger partial charge in [-0.2, -0.15) is 0 Å². The SMILES string of the molecule is Cc1cc(O)ccc1-c1cnnn1-c1ccccc1. The highest BCUT2D eigenvalue weighted by Gasteiger charge is 2.10. The maximum absolute atomic E-state index is 9.48. The van der Waals surface area contributed by atoms with Gasteiger partial charge in [0, 0.05) is 5.56 Å². The summed E-state index contributed by atoms with van der Waals surface area (Å²) in [6.45, 7) is 1.96. The molecule has 4 nitrogen and oxygen atoms in total. The number of rotatable bonds is 2. The Bertz CT molecular complexity index is 704. The van der Waals surface area contributed by atoms with Crippen LogP contribution in [-0.2, 0) is 0 Å². The minimum Gasteiger partial charge on any atom is -0.508 e. The highest BCUT2D eigenvalue weighted by molar-refractivity contribution is 5.65. The average Bonchev–Trinajstić information content (AvgIpc) is 2.89. The van der Waals surface area contributed by atoms with E-state index in [1.165, 1.54) is 0 Å². The number of phenolic OH excluding ortho intramolecular Hbond substituents is 1. The summed E-state index contributed by atoms with van der Waals surface area (Å²) in [5, 5.41) is 17.6. The first-order valence-electron chi connectivity index (χ1n) is 6.02. The van der Waals surface area contributed by atoms with Crippen molar-refractivity contribution in [1.82, 2.24) is 15.0 Å². The molecule has 0 atom stereocenters. The Kier molecular flexibility index (Phi) is 2.76. The maximum atomic E-state index is 9.48. The van der Waals surface area contributed by atoms with Gasteiger partial charge >= 0.3 is 0 Å². The van der Waals surface area contributed by atoms with Crippen LogP contribution < -0.4 is 0 Å². The van der Waals surface area contributed by atoms with E-state index in [9.17, 15) is 5.11 Å². The molecule has 0 bridgehead atoms. The lowest BCUT2D eigenvalue weighted by atomic mass is 10.1. The van der Waals surface area contributed by atoms with Crippen LogP contribution in [0.4, 0.5) is 0 Å². The second-order valence-corrected chi connectivity index (χ2v) is 4.37. The molecule has 4 heteroatoms. The fraction of sp³-hybridized carbons (Fsp3) is 0.0667. The van der Waals surface area contributed by atoms with Crippen molar-refractivity contribution in [3.63, 3.8) is 0 Å². The fourth-order valence-electron chi connectivity index (χ4n) is 2.11. The summed E-state index contributed by atoms with van der Waals surface area (Å²) in [5.74, 6) is 0.264. The number of hydrogen-bond acceptors (Lipinski definition) is 3. The number of aryl methyl sites for hydroxylation is 1. The largest absolute Gasteiger partial charge is 0.508 e. The van der Waals surface area contributed by atoms with E-state index in [0.29, 0.717) is 0 Å². The van der Waals surface area contributed by atoms with Crippen molar-refractivity contribution < 1.29 is 5.11 Å². The van der Waals surface area contributed by atoms with E-state index < -0.39 is 0 Å². The van der Waals surface area contributed by atoms with Crippen molar-refractivity contribution in [3.05, 3.63) is 60.3 Å². The van der Waals surface area contributed by atoms with E-state index in [1.54, 1.807) is 23.0 Å². The first-order valence-corrected chi connectivity index (χ1v) is 6.02. The minimum atomic E-state index is 0.264. The van der Waals surface area contributed by atoms with Gasteiger partial charge in [0.1, 0.15) is 5.75 Å². The average molecular weight is 251 g/mol. The molecule has 1 aromatic heterocycles. The van der Waals surface area contributed by atoms with Crippen molar-refractivity contribution in [1.29, 1.82) is 0 Å². The summed E-state index contributed by atoms with van der Waals surface area (Å²) < 4.78 is 1.79. The molecule has 19 heavy (non-hydrogen) atoms. The van der Waals surface area contributed by atoms with Gasteiger partial charge in [-0.1, -0.05) is 23.4 Å². The van der Waals surface area contributed by atoms with Crippen LogP contribution in [0, 0.1) is 6.92 Å². The van der Waals surface area contributed by atoms with E-state index >= 15 is 0 Å². The molecule has 3 rings (SSSR count). The third-order valence-electron chi connectivity index (χ3n) is 3.04. The van der Waals surface area contributed by atoms with E-state index in [1.807, 2.05) is 43.3 Å². The Hall–Kier alpha value is -2.62. The molecule has 0 aliphatic carbocycles. The summed E-state index contributed by atoms with van der Waals surface area (Å²) in [6.07, 6.45) is 1.73. The van der Waals surface area contributed by atoms with Crippen molar-refractivity contribution >= 4 is 0 Å². The maximum Gasteiger partial charge on any atom is 0.115 e. The lowest BCUT2D eigenvalue weighted by molar-refractivity contribution is 0.475. The molecule has 3 aromatic rings. The van der Waals surface area contributed by atoms with Crippen molar-refractivity contribution in [2.45, 2.75) is 6.92 Å². The standard InChI is InChI=1S/C15H13N3O/c1-11-9-13(19)7-8-14(11)15-10-16-17-18(15)12-5-3-2-4-6-12/h2-10,19H,1H3. The number of para-hydroxylation sites is 1. The molecule has 1 N–H and O–H groups in total. The molecule has 2 aromatic carbocycles. The molecule has 0 spiro atoms. The smallest absolute Gasteiger partial charge is 0.115 e. The van der Waals surface area contributed by atoms with Crippen LogP contribution in [0.2, 0.25) is 0 Å². The summed E-state index contributed by atoms with van der Waals surface area (Å²) in [6, 6.07) is 15.1. The van der Waals surface area contributed by atoms with Crippen LogP contribution in [0.3, 0.4) is 0 Å². The Morgan fingerprint density at radius 3 is 2.58 bits per heavy atom. The van der Waals surface area contributed by atoms with E-state index in [4.69, 9.17) is 0 Å². The Morgan fingerprint density at radius 1 is 1.05 bits per heavy atom. The van der Waals surface area contributed by atoms with Gasteiger partial charge in [0.2, 0.25) is 0 Å². The van der Waals surface area contributed by atoms with Crippen LogP contribution >= 0.6 is 0 Å². The van der Waals surface area contributed by atoms with E-state index in [-0.39, 0.29) is 5.75 Å². The van der Waals surface area contributed by atoms with Gasteiger partial charge in [-0.25, -0.2) is 4.68 Å². The van der Waals surface area contributed by atoms with Gasteiger partial charge in [0.15, 0.2) is 0 Å². The normalized spacial score (nSPS) is 10.6. The third kappa shape index (κ3) is 2.08. The Morgan fingerprint density at radius 2 is 1.84 bits per heavy atom. The van der Waals surface area contributed by atoms with Gasteiger partial charge in [-0.3, -0.25) is 0 Å². The van der Waals surface area contributed by atoms with Gasteiger partial charge in [-0.15, -0.1) is 5.10 Å². The van der Waals surface area contributed by atoms with Gasteiger partial charge in [0.25, 0.3) is 0 Å². The zero-order valence-electron chi connectivity index (χ0n) is 10.5. The number of aromatic hydroxyl groups is 1. The number of phenols is 1. The molecule has 0 fully saturated rings. The monoisotopic (exact) mass is 251 g/mol. The number of nitrogens with zero attached hydrogens (tertiary/aromatic N) is 3. The van der Waals surface area contributed by atoms with Crippen molar-refractivity contribution in [2.75, 3.05) is 0 Å².